The van der Waals surface area contributed by atoms with Crippen LogP contribution in [0.3, 0.4) is 0 Å². The Morgan fingerprint density at radius 1 is 0.882 bits per heavy atom. The number of pyridine rings is 1. The van der Waals surface area contributed by atoms with Crippen molar-refractivity contribution in [2.45, 2.75) is 6.92 Å². The van der Waals surface area contributed by atoms with Crippen LogP contribution in [0.15, 0.2) is 66.9 Å². The molecule has 34 heavy (non-hydrogen) atoms. The van der Waals surface area contributed by atoms with Gasteiger partial charge in [0.05, 0.1) is 12.8 Å². The van der Waals surface area contributed by atoms with Gasteiger partial charge in [0.25, 0.3) is 0 Å². The Morgan fingerprint density at radius 2 is 1.62 bits per heavy atom. The van der Waals surface area contributed by atoms with Gasteiger partial charge in [0, 0.05) is 43.8 Å². The number of amides is 4. The average molecular weight is 461 g/mol. The van der Waals surface area contributed by atoms with E-state index in [1.807, 2.05) is 55.5 Å². The van der Waals surface area contributed by atoms with Crippen LogP contribution < -0.4 is 25.6 Å². The topological polar surface area (TPSA) is 98.8 Å². The van der Waals surface area contributed by atoms with E-state index >= 15 is 0 Å². The summed E-state index contributed by atoms with van der Waals surface area (Å²) in [5, 5.41) is 8.51. The third-order valence-electron chi connectivity index (χ3n) is 5.65. The molecule has 1 aliphatic rings. The van der Waals surface area contributed by atoms with E-state index in [2.05, 4.69) is 25.8 Å². The predicted octanol–water partition coefficient (Wildman–Crippen LogP) is 4.40. The normalized spacial score (nSPS) is 13.2. The van der Waals surface area contributed by atoms with Gasteiger partial charge in [-0.05, 0) is 55.0 Å². The molecule has 3 aromatic rings. The summed E-state index contributed by atoms with van der Waals surface area (Å²) in [6.07, 6.45) is 1.67. The van der Waals surface area contributed by atoms with Gasteiger partial charge in [-0.15, -0.1) is 0 Å². The molecule has 0 radical (unpaired) electrons. The van der Waals surface area contributed by atoms with Crippen molar-refractivity contribution in [1.29, 1.82) is 0 Å². The number of methoxy groups -OCH3 is 1. The molecule has 0 spiro atoms. The second kappa shape index (κ2) is 10.6. The van der Waals surface area contributed by atoms with E-state index in [-0.39, 0.29) is 12.1 Å². The molecule has 9 heteroatoms. The fraction of sp³-hybridized carbons (Fsp3) is 0.240. The Bertz CT molecular complexity index is 1140. The van der Waals surface area contributed by atoms with Crippen molar-refractivity contribution in [2.75, 3.05) is 54.1 Å². The lowest BCUT2D eigenvalue weighted by molar-refractivity contribution is 0.208. The fourth-order valence-electron chi connectivity index (χ4n) is 3.75. The first kappa shape index (κ1) is 22.9. The Hall–Kier alpha value is -4.27. The van der Waals surface area contributed by atoms with E-state index in [0.717, 1.165) is 24.3 Å². The van der Waals surface area contributed by atoms with Crippen molar-refractivity contribution >= 4 is 34.9 Å². The predicted molar refractivity (Wildman–Crippen MR) is 134 cm³/mol. The van der Waals surface area contributed by atoms with E-state index in [9.17, 15) is 9.59 Å². The van der Waals surface area contributed by atoms with Gasteiger partial charge in [-0.1, -0.05) is 18.2 Å². The maximum absolute atomic E-state index is 12.6. The van der Waals surface area contributed by atoms with Gasteiger partial charge in [0.1, 0.15) is 11.6 Å². The monoisotopic (exact) mass is 460 g/mol. The van der Waals surface area contributed by atoms with Crippen molar-refractivity contribution in [1.82, 2.24) is 9.88 Å². The number of para-hydroxylation sites is 2. The van der Waals surface area contributed by atoms with Gasteiger partial charge in [-0.25, -0.2) is 14.6 Å². The molecule has 2 aromatic carbocycles. The van der Waals surface area contributed by atoms with E-state index in [0.29, 0.717) is 36.0 Å². The number of aryl methyl sites for hydroxylation is 1. The number of aromatic nitrogens is 1. The molecule has 3 N–H and O–H groups in total. The van der Waals surface area contributed by atoms with Crippen molar-refractivity contribution in [3.8, 4) is 5.75 Å². The number of rotatable bonds is 5. The zero-order valence-corrected chi connectivity index (χ0v) is 19.2. The number of anilines is 4. The Kier molecular flexibility index (Phi) is 7.12. The molecule has 0 aliphatic carbocycles. The molecule has 1 aliphatic heterocycles. The minimum atomic E-state index is -0.347. The van der Waals surface area contributed by atoms with Crippen LogP contribution in [0.25, 0.3) is 0 Å². The zero-order valence-electron chi connectivity index (χ0n) is 19.2. The molecule has 176 valence electrons. The van der Waals surface area contributed by atoms with Gasteiger partial charge in [-0.2, -0.15) is 0 Å². The summed E-state index contributed by atoms with van der Waals surface area (Å²) in [6.45, 7) is 4.57. The zero-order chi connectivity index (χ0) is 23.9. The number of ether oxygens (including phenoxy) is 1. The maximum atomic E-state index is 12.6. The number of hydrogen-bond donors (Lipinski definition) is 3. The third kappa shape index (κ3) is 5.55. The highest BCUT2D eigenvalue weighted by Crippen LogP contribution is 2.24. The molecular weight excluding hydrogens is 432 g/mol. The third-order valence-corrected chi connectivity index (χ3v) is 5.65. The Morgan fingerprint density at radius 3 is 2.32 bits per heavy atom. The summed E-state index contributed by atoms with van der Waals surface area (Å²) in [6, 6.07) is 18.2. The van der Waals surface area contributed by atoms with Gasteiger partial charge < -0.3 is 25.2 Å². The standard InChI is InChI=1S/C25H28N6O3/c1-18-6-5-13-26-23(18)29-25(33)31-16-14-30(15-17-31)20-11-9-19(10-12-20)27-24(32)28-21-7-3-4-8-22(21)34-2/h3-13H,14-17H2,1-2H3,(H,26,29,33)(H2,27,28,32). The van der Waals surface area contributed by atoms with Crippen molar-refractivity contribution < 1.29 is 14.3 Å². The van der Waals surface area contributed by atoms with Crippen molar-refractivity contribution in [3.05, 3.63) is 72.4 Å². The minimum absolute atomic E-state index is 0.137. The molecule has 1 aromatic heterocycles. The second-order valence-electron chi connectivity index (χ2n) is 7.90. The Labute approximate surface area is 198 Å². The van der Waals surface area contributed by atoms with Crippen LogP contribution in [0.2, 0.25) is 0 Å². The van der Waals surface area contributed by atoms with Gasteiger partial charge in [0.2, 0.25) is 0 Å². The Balaban J connectivity index is 1.28. The number of hydrogen-bond acceptors (Lipinski definition) is 5. The van der Waals surface area contributed by atoms with E-state index in [1.165, 1.54) is 0 Å². The lowest BCUT2D eigenvalue weighted by atomic mass is 10.2. The summed E-state index contributed by atoms with van der Waals surface area (Å²) in [7, 11) is 1.56. The second-order valence-corrected chi connectivity index (χ2v) is 7.90. The van der Waals surface area contributed by atoms with E-state index < -0.39 is 0 Å². The molecule has 4 rings (SSSR count). The van der Waals surface area contributed by atoms with Gasteiger partial charge in [-0.3, -0.25) is 5.32 Å². The summed E-state index contributed by atoms with van der Waals surface area (Å²) < 4.78 is 5.26. The molecule has 2 heterocycles. The van der Waals surface area contributed by atoms with Crippen LogP contribution in [-0.2, 0) is 0 Å². The molecular formula is C25H28N6O3. The summed E-state index contributed by atoms with van der Waals surface area (Å²) in [5.74, 6) is 1.18. The van der Waals surface area contributed by atoms with Crippen LogP contribution in [-0.4, -0.2) is 55.2 Å². The summed E-state index contributed by atoms with van der Waals surface area (Å²) in [5.41, 5.74) is 3.25. The minimum Gasteiger partial charge on any atom is -0.495 e. The maximum Gasteiger partial charge on any atom is 0.323 e. The van der Waals surface area contributed by atoms with Gasteiger partial charge >= 0.3 is 12.1 Å². The number of carbonyl (C=O) groups excluding carboxylic acids is 2. The molecule has 0 atom stereocenters. The summed E-state index contributed by atoms with van der Waals surface area (Å²) in [4.78, 5) is 33.2. The molecule has 0 unspecified atom stereocenters. The number of urea groups is 2. The van der Waals surface area contributed by atoms with Gasteiger partial charge in [0.15, 0.2) is 0 Å². The highest BCUT2D eigenvalue weighted by molar-refractivity contribution is 6.00. The first-order valence-electron chi connectivity index (χ1n) is 11.1. The highest BCUT2D eigenvalue weighted by Gasteiger charge is 2.22. The number of benzene rings is 2. The molecule has 4 amide bonds. The van der Waals surface area contributed by atoms with Crippen LogP contribution in [0.1, 0.15) is 5.56 Å². The van der Waals surface area contributed by atoms with E-state index in [4.69, 9.17) is 4.74 Å². The quantitative estimate of drug-likeness (QED) is 0.524. The lowest BCUT2D eigenvalue weighted by Gasteiger charge is -2.36. The van der Waals surface area contributed by atoms with Crippen LogP contribution in [0, 0.1) is 6.92 Å². The highest BCUT2D eigenvalue weighted by atomic mass is 16.5. The number of nitrogens with zero attached hydrogens (tertiary/aromatic N) is 3. The summed E-state index contributed by atoms with van der Waals surface area (Å²) >= 11 is 0. The smallest absolute Gasteiger partial charge is 0.323 e. The van der Waals surface area contributed by atoms with Crippen LogP contribution in [0.4, 0.5) is 32.5 Å². The van der Waals surface area contributed by atoms with Crippen LogP contribution in [0.5, 0.6) is 5.75 Å². The van der Waals surface area contributed by atoms with Crippen molar-refractivity contribution in [2.24, 2.45) is 0 Å². The molecule has 1 saturated heterocycles. The average Bonchev–Trinajstić information content (AvgIpc) is 2.86. The first-order chi connectivity index (χ1) is 16.5. The number of piperazine rings is 1. The van der Waals surface area contributed by atoms with Crippen LogP contribution >= 0.6 is 0 Å². The van der Waals surface area contributed by atoms with E-state index in [1.54, 1.807) is 30.3 Å². The molecule has 9 nitrogen and oxygen atoms in total. The number of nitrogens with one attached hydrogen (secondary N) is 3. The van der Waals surface area contributed by atoms with Crippen molar-refractivity contribution in [3.63, 3.8) is 0 Å². The number of carbonyl (C=O) groups is 2. The molecule has 1 fully saturated rings. The molecule has 0 bridgehead atoms. The fourth-order valence-corrected chi connectivity index (χ4v) is 3.75. The largest absolute Gasteiger partial charge is 0.495 e. The molecule has 0 saturated carbocycles. The first-order valence-corrected chi connectivity index (χ1v) is 11.1. The SMILES string of the molecule is COc1ccccc1NC(=O)Nc1ccc(N2CCN(C(=O)Nc3ncccc3C)CC2)cc1. The lowest BCUT2D eigenvalue weighted by Crippen LogP contribution is -2.50.